The number of nitrogens with one attached hydrogen (secondary N) is 3. The van der Waals surface area contributed by atoms with Gasteiger partial charge in [0.15, 0.2) is 0 Å². The van der Waals surface area contributed by atoms with Gasteiger partial charge in [0.2, 0.25) is 5.91 Å². The van der Waals surface area contributed by atoms with Gasteiger partial charge in [0, 0.05) is 46.2 Å². The molecule has 0 atom stereocenters. The molecular formula is C42H40N4O7S2. The van der Waals surface area contributed by atoms with Gasteiger partial charge in [-0.2, -0.15) is 0 Å². The number of benzene rings is 4. The van der Waals surface area contributed by atoms with Crippen LogP contribution in [-0.2, 0) is 33.8 Å². The number of hydrogen-bond acceptors (Lipinski definition) is 10. The van der Waals surface area contributed by atoms with Crippen LogP contribution in [0.1, 0.15) is 42.3 Å². The predicted octanol–water partition coefficient (Wildman–Crippen LogP) is 7.25. The summed E-state index contributed by atoms with van der Waals surface area (Å²) >= 11 is 2.68. The summed E-state index contributed by atoms with van der Waals surface area (Å²) in [6.07, 6.45) is 2.19. The van der Waals surface area contributed by atoms with Crippen molar-refractivity contribution in [3.8, 4) is 11.5 Å². The maximum absolute atomic E-state index is 13.7. The minimum atomic E-state index is -0.576. The average molecular weight is 777 g/mol. The molecule has 55 heavy (non-hydrogen) atoms. The number of hydrogen-bond donors (Lipinski definition) is 3. The fourth-order valence-corrected chi connectivity index (χ4v) is 8.11. The van der Waals surface area contributed by atoms with Gasteiger partial charge in [-0.15, -0.1) is 23.1 Å². The summed E-state index contributed by atoms with van der Waals surface area (Å²) in [5, 5.41) is 9.04. The lowest BCUT2D eigenvalue weighted by atomic mass is 10.0. The number of amides is 3. The van der Waals surface area contributed by atoms with Crippen LogP contribution >= 0.6 is 23.1 Å². The molecule has 3 N–H and O–H groups in total. The van der Waals surface area contributed by atoms with E-state index in [1.807, 2.05) is 24.3 Å². The van der Waals surface area contributed by atoms with Crippen LogP contribution in [0.15, 0.2) is 114 Å². The molecule has 282 valence electrons. The zero-order chi connectivity index (χ0) is 38.7. The predicted molar refractivity (Wildman–Crippen MR) is 216 cm³/mol. The summed E-state index contributed by atoms with van der Waals surface area (Å²) in [7, 11) is 4.39. The van der Waals surface area contributed by atoms with Crippen LogP contribution in [0.4, 0.5) is 10.7 Å². The van der Waals surface area contributed by atoms with Crippen molar-refractivity contribution in [3.63, 3.8) is 0 Å². The molecule has 2 heterocycles. The summed E-state index contributed by atoms with van der Waals surface area (Å²) in [5.74, 6) is -0.735. The number of methoxy groups -OCH3 is 3. The molecule has 6 rings (SSSR count). The molecule has 0 saturated heterocycles. The molecule has 4 aromatic carbocycles. The van der Waals surface area contributed by atoms with Crippen molar-refractivity contribution in [2.75, 3.05) is 44.3 Å². The summed E-state index contributed by atoms with van der Waals surface area (Å²) in [6.45, 7) is 2.24. The standard InChI is InChI=1S/C42H40N4O7S2/c1-51-31-17-18-35(52-2)29(21-31)22-34(44-39(48)28-13-8-5-9-14-28)40(49)43-30-15-10-16-32(23-30)54-26-37(47)45-41-38(42(50)53-3)33-19-20-46(25-36(33)55-41)24-27-11-6-4-7-12-27/h4-18,21-23H,19-20,24-26H2,1-3H3,(H,43,49)(H,44,48)(H,45,47)/b34-22+. The first kappa shape index (κ1) is 38.8. The molecule has 0 bridgehead atoms. The highest BCUT2D eigenvalue weighted by Gasteiger charge is 2.29. The lowest BCUT2D eigenvalue weighted by Gasteiger charge is -2.27. The molecule has 0 spiro atoms. The van der Waals surface area contributed by atoms with Gasteiger partial charge in [-0.1, -0.05) is 54.6 Å². The van der Waals surface area contributed by atoms with Gasteiger partial charge in [-0.3, -0.25) is 19.3 Å². The fraction of sp³-hybridized carbons (Fsp3) is 0.190. The Morgan fingerprint density at radius 2 is 1.62 bits per heavy atom. The van der Waals surface area contributed by atoms with Crippen molar-refractivity contribution in [2.45, 2.75) is 24.4 Å². The highest BCUT2D eigenvalue weighted by atomic mass is 32.2. The fourth-order valence-electron chi connectivity index (χ4n) is 6.06. The van der Waals surface area contributed by atoms with E-state index in [4.69, 9.17) is 14.2 Å². The molecule has 1 aliphatic rings. The number of carbonyl (C=O) groups is 4. The van der Waals surface area contributed by atoms with Crippen molar-refractivity contribution in [1.29, 1.82) is 0 Å². The topological polar surface area (TPSA) is 135 Å². The first-order valence-electron chi connectivity index (χ1n) is 17.4. The molecule has 0 saturated carbocycles. The smallest absolute Gasteiger partial charge is 0.341 e. The van der Waals surface area contributed by atoms with E-state index < -0.39 is 17.8 Å². The van der Waals surface area contributed by atoms with Crippen molar-refractivity contribution in [3.05, 3.63) is 142 Å². The van der Waals surface area contributed by atoms with Crippen LogP contribution in [0.5, 0.6) is 11.5 Å². The van der Waals surface area contributed by atoms with Crippen LogP contribution in [0.2, 0.25) is 0 Å². The third kappa shape index (κ3) is 10.0. The van der Waals surface area contributed by atoms with Crippen LogP contribution in [0.25, 0.3) is 6.08 Å². The number of rotatable bonds is 14. The van der Waals surface area contributed by atoms with Crippen molar-refractivity contribution in [2.24, 2.45) is 0 Å². The maximum atomic E-state index is 13.7. The van der Waals surface area contributed by atoms with Crippen LogP contribution in [-0.4, -0.2) is 62.2 Å². The Balaban J connectivity index is 1.14. The van der Waals surface area contributed by atoms with Gasteiger partial charge in [0.25, 0.3) is 11.8 Å². The number of carbonyl (C=O) groups excluding carboxylic acids is 4. The SMILES string of the molecule is COC(=O)c1c(NC(=O)CSc2cccc(NC(=O)/C(=C\c3cc(OC)ccc3OC)NC(=O)c3ccccc3)c2)sc2c1CCN(Cc1ccccc1)C2. The van der Waals surface area contributed by atoms with Gasteiger partial charge in [-0.05, 0) is 72.2 Å². The second-order valence-corrected chi connectivity index (χ2v) is 14.6. The maximum Gasteiger partial charge on any atom is 0.341 e. The molecule has 11 nitrogen and oxygen atoms in total. The largest absolute Gasteiger partial charge is 0.497 e. The molecule has 0 radical (unpaired) electrons. The molecule has 5 aromatic rings. The van der Waals surface area contributed by atoms with E-state index in [-0.39, 0.29) is 17.4 Å². The molecule has 0 aliphatic carbocycles. The van der Waals surface area contributed by atoms with E-state index in [2.05, 4.69) is 33.0 Å². The highest BCUT2D eigenvalue weighted by molar-refractivity contribution is 8.00. The number of anilines is 2. The second-order valence-electron chi connectivity index (χ2n) is 12.5. The Bertz CT molecular complexity index is 2210. The first-order valence-corrected chi connectivity index (χ1v) is 19.2. The summed E-state index contributed by atoms with van der Waals surface area (Å²) in [5.41, 5.74) is 3.87. The molecule has 1 aromatic heterocycles. The van der Waals surface area contributed by atoms with Gasteiger partial charge in [0.1, 0.15) is 22.2 Å². The van der Waals surface area contributed by atoms with E-state index in [1.165, 1.54) is 56.1 Å². The number of esters is 1. The van der Waals surface area contributed by atoms with E-state index in [1.54, 1.807) is 66.7 Å². The van der Waals surface area contributed by atoms with Gasteiger partial charge >= 0.3 is 5.97 Å². The van der Waals surface area contributed by atoms with Gasteiger partial charge in [-0.25, -0.2) is 4.79 Å². The number of thiophene rings is 1. The zero-order valence-electron chi connectivity index (χ0n) is 30.5. The third-order valence-electron chi connectivity index (χ3n) is 8.75. The lowest BCUT2D eigenvalue weighted by Crippen LogP contribution is -2.30. The summed E-state index contributed by atoms with van der Waals surface area (Å²) in [6, 6.07) is 31.0. The van der Waals surface area contributed by atoms with Crippen molar-refractivity contribution < 1.29 is 33.4 Å². The highest BCUT2D eigenvalue weighted by Crippen LogP contribution is 2.38. The van der Waals surface area contributed by atoms with E-state index in [0.717, 1.165) is 28.4 Å². The van der Waals surface area contributed by atoms with E-state index >= 15 is 0 Å². The quantitative estimate of drug-likeness (QED) is 0.0606. The van der Waals surface area contributed by atoms with Crippen molar-refractivity contribution in [1.82, 2.24) is 10.2 Å². The van der Waals surface area contributed by atoms with Crippen LogP contribution in [0.3, 0.4) is 0 Å². The second kappa shape index (κ2) is 18.4. The molecule has 3 amide bonds. The molecular weight excluding hydrogens is 737 g/mol. The molecule has 0 fully saturated rings. The lowest BCUT2D eigenvalue weighted by molar-refractivity contribution is -0.114. The monoisotopic (exact) mass is 776 g/mol. The Labute approximate surface area is 327 Å². The minimum absolute atomic E-state index is 0.0268. The number of ether oxygens (including phenoxy) is 3. The number of thioether (sulfide) groups is 1. The van der Waals surface area contributed by atoms with Crippen LogP contribution < -0.4 is 25.4 Å². The zero-order valence-corrected chi connectivity index (χ0v) is 32.2. The Kier molecular flexibility index (Phi) is 13.0. The molecule has 1 aliphatic heterocycles. The number of fused-ring (bicyclic) bond motifs is 1. The normalized spacial score (nSPS) is 12.6. The van der Waals surface area contributed by atoms with Crippen LogP contribution in [0, 0.1) is 0 Å². The molecule has 0 unspecified atom stereocenters. The summed E-state index contributed by atoms with van der Waals surface area (Å²) in [4.78, 5) is 57.2. The van der Waals surface area contributed by atoms with E-state index in [0.29, 0.717) is 51.8 Å². The Morgan fingerprint density at radius 3 is 2.35 bits per heavy atom. The average Bonchev–Trinajstić information content (AvgIpc) is 3.57. The summed E-state index contributed by atoms with van der Waals surface area (Å²) < 4.78 is 16.0. The van der Waals surface area contributed by atoms with Crippen molar-refractivity contribution >= 4 is 63.6 Å². The third-order valence-corrected chi connectivity index (χ3v) is 10.9. The minimum Gasteiger partial charge on any atom is -0.497 e. The Hall–Kier alpha value is -5.89. The molecule has 13 heteroatoms. The Morgan fingerprint density at radius 1 is 0.855 bits per heavy atom. The number of nitrogens with zero attached hydrogens (tertiary/aromatic N) is 1. The van der Waals surface area contributed by atoms with Gasteiger partial charge < -0.3 is 30.2 Å². The van der Waals surface area contributed by atoms with Gasteiger partial charge in [0.05, 0.1) is 32.6 Å². The first-order chi connectivity index (χ1) is 26.7. The van der Waals surface area contributed by atoms with E-state index in [9.17, 15) is 19.2 Å².